The number of sulfonamides is 1. The van der Waals surface area contributed by atoms with Crippen molar-refractivity contribution in [3.63, 3.8) is 0 Å². The number of benzene rings is 2. The average Bonchev–Trinajstić information content (AvgIpc) is 3.27. The highest BCUT2D eigenvalue weighted by atomic mass is 35.5. The van der Waals surface area contributed by atoms with Crippen molar-refractivity contribution in [2.75, 3.05) is 18.8 Å². The second-order valence-electron chi connectivity index (χ2n) is 9.31. The van der Waals surface area contributed by atoms with Gasteiger partial charge in [-0.2, -0.15) is 4.31 Å². The summed E-state index contributed by atoms with van der Waals surface area (Å²) < 4.78 is 28.9. The Morgan fingerprint density at radius 1 is 1.22 bits per heavy atom. The van der Waals surface area contributed by atoms with Crippen LogP contribution in [-0.4, -0.2) is 64.0 Å². The van der Waals surface area contributed by atoms with Crippen LogP contribution in [0.1, 0.15) is 23.4 Å². The van der Waals surface area contributed by atoms with Crippen molar-refractivity contribution >= 4 is 55.5 Å². The number of nitrogen functional groups attached to an aromatic ring is 1. The third-order valence-corrected chi connectivity index (χ3v) is 9.25. The van der Waals surface area contributed by atoms with E-state index in [4.69, 9.17) is 17.3 Å². The number of anilines is 1. The predicted octanol–water partition coefficient (Wildman–Crippen LogP) is 3.68. The van der Waals surface area contributed by atoms with Crippen LogP contribution in [0.4, 0.5) is 5.82 Å². The Labute approximate surface area is 220 Å². The van der Waals surface area contributed by atoms with Gasteiger partial charge in [-0.15, -0.1) is 6.58 Å². The molecule has 1 aliphatic rings. The van der Waals surface area contributed by atoms with Crippen LogP contribution in [0.3, 0.4) is 0 Å². The van der Waals surface area contributed by atoms with Crippen LogP contribution in [0.5, 0.6) is 0 Å². The highest BCUT2D eigenvalue weighted by molar-refractivity contribution is 7.89. The molecule has 1 saturated heterocycles. The summed E-state index contributed by atoms with van der Waals surface area (Å²) >= 11 is 6.09. The van der Waals surface area contributed by atoms with Gasteiger partial charge in [0.2, 0.25) is 10.0 Å². The van der Waals surface area contributed by atoms with Gasteiger partial charge in [-0.1, -0.05) is 29.8 Å². The minimum absolute atomic E-state index is 0.0509. The molecule has 3 heterocycles. The minimum Gasteiger partial charge on any atom is -0.383 e. The molecule has 192 valence electrons. The first-order valence-electron chi connectivity index (χ1n) is 11.8. The number of hydrogen-bond donors (Lipinski definition) is 2. The third kappa shape index (κ3) is 4.73. The Bertz CT molecular complexity index is 1600. The average molecular weight is 539 g/mol. The van der Waals surface area contributed by atoms with Crippen LogP contribution < -0.4 is 5.73 Å². The van der Waals surface area contributed by atoms with Gasteiger partial charge in [0.25, 0.3) is 0 Å². The summed E-state index contributed by atoms with van der Waals surface area (Å²) in [5.41, 5.74) is 8.84. The number of nitrogens with zero attached hydrogens (tertiary/aromatic N) is 4. The predicted molar refractivity (Wildman–Crippen MR) is 146 cm³/mol. The van der Waals surface area contributed by atoms with Crippen molar-refractivity contribution < 1.29 is 13.2 Å². The molecule has 3 unspecified atom stereocenters. The number of piperazine rings is 1. The molecule has 0 saturated carbocycles. The number of carbonyl (C=O) groups excluding carboxylic acids is 1. The molecule has 9 nitrogen and oxygen atoms in total. The molecule has 2 aromatic heterocycles. The van der Waals surface area contributed by atoms with Gasteiger partial charge in [-0.05, 0) is 48.2 Å². The summed E-state index contributed by atoms with van der Waals surface area (Å²) in [5.74, 6) is 0.407. The molecule has 0 amide bonds. The van der Waals surface area contributed by atoms with E-state index >= 15 is 0 Å². The van der Waals surface area contributed by atoms with Gasteiger partial charge >= 0.3 is 0 Å². The Balaban J connectivity index is 1.39. The first kappa shape index (κ1) is 25.3. The second kappa shape index (κ2) is 9.86. The third-order valence-electron chi connectivity index (χ3n) is 6.91. The van der Waals surface area contributed by atoms with Gasteiger partial charge in [0.1, 0.15) is 23.7 Å². The topological polar surface area (TPSA) is 125 Å². The largest absolute Gasteiger partial charge is 0.383 e. The molecule has 37 heavy (non-hydrogen) atoms. The lowest BCUT2D eigenvalue weighted by molar-refractivity contribution is -0.115. The number of H-pyrrole nitrogens is 1. The first-order chi connectivity index (χ1) is 17.7. The van der Waals surface area contributed by atoms with E-state index in [1.165, 1.54) is 16.7 Å². The molecular weight excluding hydrogens is 512 g/mol. The molecule has 5 rings (SSSR count). The Morgan fingerprint density at radius 3 is 2.78 bits per heavy atom. The lowest BCUT2D eigenvalue weighted by atomic mass is 10.1. The number of hydrogen-bond acceptors (Lipinski definition) is 7. The van der Waals surface area contributed by atoms with E-state index in [0.717, 1.165) is 33.7 Å². The highest BCUT2D eigenvalue weighted by Gasteiger charge is 2.40. The summed E-state index contributed by atoms with van der Waals surface area (Å²) in [5, 5.41) is 1.18. The normalized spacial score (nSPS) is 20.3. The molecule has 2 aromatic carbocycles. The van der Waals surface area contributed by atoms with E-state index in [9.17, 15) is 13.2 Å². The Kier molecular flexibility index (Phi) is 6.76. The highest BCUT2D eigenvalue weighted by Crippen LogP contribution is 2.32. The standard InChI is InChI=1S/C26H27ClN6O3S/c1-3-25(24-9-18-5-6-19(27)10-22(18)31-24)37(35,36)32-11-16(2)33(20(13-32)14-34)12-17-4-7-21-23(8-17)29-15-30-26(21)28/h3-10,14-16,20,25,31H,1,11-13H2,2H3,(H2,28,29,30). The fourth-order valence-corrected chi connectivity index (χ4v) is 6.96. The van der Waals surface area contributed by atoms with Gasteiger partial charge in [0, 0.05) is 47.3 Å². The summed E-state index contributed by atoms with van der Waals surface area (Å²) in [6.45, 7) is 6.48. The maximum absolute atomic E-state index is 13.8. The zero-order chi connectivity index (χ0) is 26.3. The van der Waals surface area contributed by atoms with E-state index in [1.54, 1.807) is 18.2 Å². The number of aromatic amines is 1. The first-order valence-corrected chi connectivity index (χ1v) is 13.7. The number of nitrogens with two attached hydrogens (primary N) is 1. The number of halogens is 1. The molecule has 4 aromatic rings. The number of nitrogens with one attached hydrogen (secondary N) is 1. The maximum atomic E-state index is 13.8. The molecular formula is C26H27ClN6O3S. The number of aromatic nitrogens is 3. The van der Waals surface area contributed by atoms with Crippen molar-refractivity contribution in [2.24, 2.45) is 0 Å². The van der Waals surface area contributed by atoms with Crippen molar-refractivity contribution in [2.45, 2.75) is 30.8 Å². The second-order valence-corrected chi connectivity index (χ2v) is 11.8. The summed E-state index contributed by atoms with van der Waals surface area (Å²) in [4.78, 5) is 25.6. The van der Waals surface area contributed by atoms with E-state index in [-0.39, 0.29) is 19.1 Å². The van der Waals surface area contributed by atoms with Crippen molar-refractivity contribution in [1.29, 1.82) is 0 Å². The van der Waals surface area contributed by atoms with Gasteiger partial charge < -0.3 is 15.5 Å². The molecule has 0 spiro atoms. The molecule has 3 atom stereocenters. The minimum atomic E-state index is -3.86. The Hall–Kier alpha value is -3.31. The summed E-state index contributed by atoms with van der Waals surface area (Å²) in [7, 11) is -3.86. The number of aldehydes is 1. The lowest BCUT2D eigenvalue weighted by Crippen LogP contribution is -2.59. The van der Waals surface area contributed by atoms with Crippen LogP contribution in [0.15, 0.2) is 61.4 Å². The summed E-state index contributed by atoms with van der Waals surface area (Å²) in [6, 6.07) is 12.0. The van der Waals surface area contributed by atoms with Gasteiger partial charge in [0.05, 0.1) is 11.6 Å². The lowest BCUT2D eigenvalue weighted by Gasteiger charge is -2.43. The molecule has 1 aliphatic heterocycles. The van der Waals surface area contributed by atoms with E-state index in [2.05, 4.69) is 21.5 Å². The Morgan fingerprint density at radius 2 is 2.03 bits per heavy atom. The quantitative estimate of drug-likeness (QED) is 0.271. The monoisotopic (exact) mass is 538 g/mol. The zero-order valence-electron chi connectivity index (χ0n) is 20.2. The molecule has 0 aliphatic carbocycles. The van der Waals surface area contributed by atoms with Crippen LogP contribution in [0.25, 0.3) is 21.8 Å². The van der Waals surface area contributed by atoms with Crippen LogP contribution >= 0.6 is 11.6 Å². The van der Waals surface area contributed by atoms with Crippen LogP contribution in [-0.2, 0) is 21.4 Å². The number of carbonyl (C=O) groups is 1. The smallest absolute Gasteiger partial charge is 0.226 e. The van der Waals surface area contributed by atoms with Crippen LogP contribution in [0.2, 0.25) is 5.02 Å². The molecule has 3 N–H and O–H groups in total. The van der Waals surface area contributed by atoms with Gasteiger partial charge in [0.15, 0.2) is 0 Å². The van der Waals surface area contributed by atoms with Crippen molar-refractivity contribution in [3.8, 4) is 0 Å². The maximum Gasteiger partial charge on any atom is 0.226 e. The van der Waals surface area contributed by atoms with Crippen molar-refractivity contribution in [1.82, 2.24) is 24.2 Å². The molecule has 11 heteroatoms. The van der Waals surface area contributed by atoms with Gasteiger partial charge in [-0.25, -0.2) is 18.4 Å². The van der Waals surface area contributed by atoms with Crippen molar-refractivity contribution in [3.05, 3.63) is 77.7 Å². The zero-order valence-corrected chi connectivity index (χ0v) is 21.8. The molecule has 0 bridgehead atoms. The molecule has 1 fully saturated rings. The van der Waals surface area contributed by atoms with Crippen LogP contribution in [0, 0.1) is 0 Å². The van der Waals surface area contributed by atoms with Gasteiger partial charge in [-0.3, -0.25) is 4.90 Å². The van der Waals surface area contributed by atoms with E-state index < -0.39 is 21.3 Å². The SMILES string of the molecule is C=CC(c1cc2ccc(Cl)cc2[nH]1)S(=O)(=O)N1CC(C)N(Cc2ccc3c(N)ncnc3c2)C(C=O)C1. The summed E-state index contributed by atoms with van der Waals surface area (Å²) in [6.07, 6.45) is 3.64. The van der Waals surface area contributed by atoms with E-state index in [1.807, 2.05) is 36.1 Å². The molecule has 0 radical (unpaired) electrons. The number of rotatable bonds is 7. The number of fused-ring (bicyclic) bond motifs is 2. The fourth-order valence-electron chi connectivity index (χ4n) is 4.99. The fraction of sp³-hybridized carbons (Fsp3) is 0.269. The van der Waals surface area contributed by atoms with E-state index in [0.29, 0.717) is 23.1 Å².